The number of hydrogen-bond donors (Lipinski definition) is 2. The lowest BCUT2D eigenvalue weighted by Gasteiger charge is -2.52. The second-order valence-electron chi connectivity index (χ2n) is 6.22. The summed E-state index contributed by atoms with van der Waals surface area (Å²) in [5.74, 6) is 1.45. The number of aromatic nitrogens is 1. The first-order chi connectivity index (χ1) is 9.07. The molecule has 1 fully saturated rings. The summed E-state index contributed by atoms with van der Waals surface area (Å²) in [4.78, 5) is 0. The summed E-state index contributed by atoms with van der Waals surface area (Å²) in [7, 11) is 0. The minimum absolute atomic E-state index is 0.118. The van der Waals surface area contributed by atoms with Gasteiger partial charge in [-0.05, 0) is 37.1 Å². The molecular weight excluding hydrogens is 240 g/mol. The van der Waals surface area contributed by atoms with Crippen molar-refractivity contribution in [3.63, 3.8) is 0 Å². The van der Waals surface area contributed by atoms with Crippen LogP contribution in [0.2, 0.25) is 0 Å². The minimum Gasteiger partial charge on any atom is -0.396 e. The normalized spacial score (nSPS) is 25.3. The van der Waals surface area contributed by atoms with E-state index >= 15 is 0 Å². The second kappa shape index (κ2) is 6.06. The average molecular weight is 266 g/mol. The fourth-order valence-electron chi connectivity index (χ4n) is 2.96. The maximum absolute atomic E-state index is 8.87. The molecule has 0 bridgehead atoms. The first kappa shape index (κ1) is 14.5. The fraction of sp³-hybridized carbons (Fsp3) is 0.800. The van der Waals surface area contributed by atoms with Gasteiger partial charge >= 0.3 is 0 Å². The van der Waals surface area contributed by atoms with E-state index in [9.17, 15) is 0 Å². The van der Waals surface area contributed by atoms with Crippen molar-refractivity contribution in [2.45, 2.75) is 52.5 Å². The Balaban J connectivity index is 1.86. The van der Waals surface area contributed by atoms with E-state index in [1.54, 1.807) is 0 Å². The summed E-state index contributed by atoms with van der Waals surface area (Å²) in [5, 5.41) is 16.6. The molecule has 0 aliphatic heterocycles. The van der Waals surface area contributed by atoms with Crippen LogP contribution >= 0.6 is 0 Å². The van der Waals surface area contributed by atoms with E-state index in [-0.39, 0.29) is 6.61 Å². The van der Waals surface area contributed by atoms with Crippen molar-refractivity contribution in [2.75, 3.05) is 13.2 Å². The van der Waals surface area contributed by atoms with Crippen LogP contribution in [0.5, 0.6) is 0 Å². The molecule has 19 heavy (non-hydrogen) atoms. The molecule has 1 saturated carbocycles. The largest absolute Gasteiger partial charge is 0.396 e. The van der Waals surface area contributed by atoms with Crippen molar-refractivity contribution < 1.29 is 9.63 Å². The van der Waals surface area contributed by atoms with Crippen molar-refractivity contribution in [3.05, 3.63) is 17.5 Å². The number of nitrogens with zero attached hydrogens (tertiary/aromatic N) is 1. The molecule has 2 atom stereocenters. The van der Waals surface area contributed by atoms with Crippen LogP contribution in [0.1, 0.15) is 45.1 Å². The van der Waals surface area contributed by atoms with Crippen molar-refractivity contribution in [2.24, 2.45) is 11.3 Å². The maximum atomic E-state index is 8.87. The van der Waals surface area contributed by atoms with Gasteiger partial charge in [-0.2, -0.15) is 0 Å². The Bertz CT molecular complexity index is 401. The number of aliphatic hydroxyl groups is 1. The van der Waals surface area contributed by atoms with Gasteiger partial charge in [0.15, 0.2) is 0 Å². The van der Waals surface area contributed by atoms with Gasteiger partial charge in [0.2, 0.25) is 0 Å². The highest BCUT2D eigenvalue weighted by Gasteiger charge is 2.47. The Morgan fingerprint density at radius 3 is 2.95 bits per heavy atom. The van der Waals surface area contributed by atoms with Gasteiger partial charge in [-0.15, -0.1) is 0 Å². The van der Waals surface area contributed by atoms with Crippen LogP contribution in [0, 0.1) is 11.3 Å². The van der Waals surface area contributed by atoms with Gasteiger partial charge in [-0.1, -0.05) is 25.9 Å². The summed E-state index contributed by atoms with van der Waals surface area (Å²) >= 11 is 0. The molecule has 2 N–H and O–H groups in total. The average Bonchev–Trinajstić information content (AvgIpc) is 2.81. The Labute approximate surface area is 115 Å². The summed E-state index contributed by atoms with van der Waals surface area (Å²) < 4.78 is 5.21. The number of hydrogen-bond acceptors (Lipinski definition) is 4. The second-order valence-corrected chi connectivity index (χ2v) is 6.22. The zero-order valence-corrected chi connectivity index (χ0v) is 12.3. The highest BCUT2D eigenvalue weighted by molar-refractivity contribution is 5.11. The first-order valence-electron chi connectivity index (χ1n) is 7.36. The molecule has 1 aromatic heterocycles. The molecule has 0 radical (unpaired) electrons. The third-order valence-corrected chi connectivity index (χ3v) is 4.53. The monoisotopic (exact) mass is 266 g/mol. The summed E-state index contributed by atoms with van der Waals surface area (Å²) in [6.07, 6.45) is 3.94. The predicted octanol–water partition coefficient (Wildman–Crippen LogP) is 2.17. The molecule has 0 spiro atoms. The van der Waals surface area contributed by atoms with E-state index in [2.05, 4.69) is 31.2 Å². The van der Waals surface area contributed by atoms with Crippen molar-refractivity contribution in [3.8, 4) is 0 Å². The lowest BCUT2D eigenvalue weighted by molar-refractivity contribution is 0.0138. The van der Waals surface area contributed by atoms with Gasteiger partial charge in [0.25, 0.3) is 0 Å². The van der Waals surface area contributed by atoms with Crippen molar-refractivity contribution >= 4 is 0 Å². The molecule has 1 aliphatic carbocycles. The molecule has 1 heterocycles. The third kappa shape index (κ3) is 3.18. The Hall–Kier alpha value is -0.870. The minimum atomic E-state index is 0.118. The highest BCUT2D eigenvalue weighted by atomic mass is 16.5. The highest BCUT2D eigenvalue weighted by Crippen LogP contribution is 2.47. The Kier molecular flexibility index (Phi) is 4.63. The van der Waals surface area contributed by atoms with Crippen LogP contribution < -0.4 is 5.32 Å². The van der Waals surface area contributed by atoms with E-state index in [0.717, 1.165) is 24.4 Å². The van der Waals surface area contributed by atoms with E-state index in [1.165, 1.54) is 12.8 Å². The van der Waals surface area contributed by atoms with Crippen LogP contribution in [0.4, 0.5) is 0 Å². The van der Waals surface area contributed by atoms with Gasteiger partial charge in [-0.25, -0.2) is 0 Å². The molecule has 0 amide bonds. The molecule has 1 aromatic rings. The van der Waals surface area contributed by atoms with Gasteiger partial charge in [0.1, 0.15) is 5.76 Å². The molecule has 1 aliphatic rings. The zero-order valence-electron chi connectivity index (χ0n) is 12.3. The van der Waals surface area contributed by atoms with Gasteiger partial charge < -0.3 is 14.9 Å². The van der Waals surface area contributed by atoms with Crippen molar-refractivity contribution in [1.29, 1.82) is 0 Å². The maximum Gasteiger partial charge on any atom is 0.139 e. The number of rotatable bonds is 7. The summed E-state index contributed by atoms with van der Waals surface area (Å²) in [6, 6.07) is 2.61. The molecule has 2 rings (SSSR count). The van der Waals surface area contributed by atoms with Crippen LogP contribution in [0.15, 0.2) is 10.6 Å². The standard InChI is InChI=1S/C15H26N2O2/c1-4-6-16-14-9-11(15(14,2)3)8-12-10-13(5-7-18)19-17-12/h10-11,14,16,18H,4-9H2,1-3H3. The zero-order chi connectivity index (χ0) is 13.9. The fourth-order valence-corrected chi connectivity index (χ4v) is 2.96. The SMILES string of the molecule is CCCNC1CC(Cc2cc(CCO)on2)C1(C)C. The Morgan fingerprint density at radius 1 is 1.53 bits per heavy atom. The van der Waals surface area contributed by atoms with E-state index < -0.39 is 0 Å². The van der Waals surface area contributed by atoms with Crippen LogP contribution in [-0.2, 0) is 12.8 Å². The summed E-state index contributed by atoms with van der Waals surface area (Å²) in [6.45, 7) is 8.10. The molecule has 4 nitrogen and oxygen atoms in total. The van der Waals surface area contributed by atoms with E-state index in [1.807, 2.05) is 6.07 Å². The van der Waals surface area contributed by atoms with Gasteiger partial charge in [0.05, 0.1) is 12.3 Å². The molecule has 4 heteroatoms. The van der Waals surface area contributed by atoms with Crippen LogP contribution in [0.25, 0.3) is 0 Å². The topological polar surface area (TPSA) is 58.3 Å². The van der Waals surface area contributed by atoms with E-state index in [4.69, 9.17) is 9.63 Å². The molecule has 0 aromatic carbocycles. The van der Waals surface area contributed by atoms with Crippen LogP contribution in [0.3, 0.4) is 0 Å². The quantitative estimate of drug-likeness (QED) is 0.794. The smallest absolute Gasteiger partial charge is 0.139 e. The van der Waals surface area contributed by atoms with Gasteiger partial charge in [-0.3, -0.25) is 0 Å². The molecule has 0 saturated heterocycles. The molecular formula is C15H26N2O2. The first-order valence-corrected chi connectivity index (χ1v) is 7.36. The lowest BCUT2D eigenvalue weighted by atomic mass is 9.57. The van der Waals surface area contributed by atoms with Gasteiger partial charge in [0, 0.05) is 18.5 Å². The molecule has 108 valence electrons. The lowest BCUT2D eigenvalue weighted by Crippen LogP contribution is -2.57. The molecule has 2 unspecified atom stereocenters. The number of aliphatic hydroxyl groups excluding tert-OH is 1. The third-order valence-electron chi connectivity index (χ3n) is 4.53. The number of nitrogens with one attached hydrogen (secondary N) is 1. The van der Waals surface area contributed by atoms with Crippen LogP contribution in [-0.4, -0.2) is 29.5 Å². The predicted molar refractivity (Wildman–Crippen MR) is 75.0 cm³/mol. The Morgan fingerprint density at radius 2 is 2.32 bits per heavy atom. The summed E-state index contributed by atoms with van der Waals surface area (Å²) in [5.41, 5.74) is 1.35. The van der Waals surface area contributed by atoms with E-state index in [0.29, 0.717) is 23.8 Å². The van der Waals surface area contributed by atoms with Crippen molar-refractivity contribution in [1.82, 2.24) is 10.5 Å².